The highest BCUT2D eigenvalue weighted by Gasteiger charge is 2.19. The normalized spacial score (nSPS) is 22.2. The summed E-state index contributed by atoms with van der Waals surface area (Å²) < 4.78 is 5.12. The SMILES string of the molecule is CCC1CCC(CNCc2cc(Cl)cc(OC)c2O)CC1. The third-order valence-corrected chi connectivity index (χ3v) is 4.85. The van der Waals surface area contributed by atoms with Crippen LogP contribution in [0.4, 0.5) is 0 Å². The van der Waals surface area contributed by atoms with E-state index in [1.807, 2.05) is 0 Å². The Morgan fingerprint density at radius 3 is 2.52 bits per heavy atom. The molecule has 118 valence electrons. The van der Waals surface area contributed by atoms with E-state index in [0.717, 1.165) is 23.9 Å². The third-order valence-electron chi connectivity index (χ3n) is 4.63. The van der Waals surface area contributed by atoms with Crippen LogP contribution >= 0.6 is 11.6 Å². The zero-order valence-electron chi connectivity index (χ0n) is 13.0. The molecule has 1 aliphatic carbocycles. The summed E-state index contributed by atoms with van der Waals surface area (Å²) in [4.78, 5) is 0. The molecule has 0 bridgehead atoms. The van der Waals surface area contributed by atoms with Gasteiger partial charge in [0.2, 0.25) is 0 Å². The van der Waals surface area contributed by atoms with Crippen molar-refractivity contribution in [2.24, 2.45) is 11.8 Å². The molecule has 1 aromatic carbocycles. The summed E-state index contributed by atoms with van der Waals surface area (Å²) in [6.07, 6.45) is 6.67. The van der Waals surface area contributed by atoms with Crippen LogP contribution in [0.1, 0.15) is 44.6 Å². The zero-order chi connectivity index (χ0) is 15.2. The van der Waals surface area contributed by atoms with Crippen LogP contribution in [-0.4, -0.2) is 18.8 Å². The molecule has 0 heterocycles. The van der Waals surface area contributed by atoms with Crippen molar-refractivity contribution in [3.63, 3.8) is 0 Å². The third kappa shape index (κ3) is 4.52. The molecule has 0 radical (unpaired) electrons. The second-order valence-electron chi connectivity index (χ2n) is 6.04. The van der Waals surface area contributed by atoms with E-state index < -0.39 is 0 Å². The zero-order valence-corrected chi connectivity index (χ0v) is 13.7. The topological polar surface area (TPSA) is 41.5 Å². The summed E-state index contributed by atoms with van der Waals surface area (Å²) >= 11 is 6.04. The van der Waals surface area contributed by atoms with Crippen LogP contribution in [-0.2, 0) is 6.54 Å². The van der Waals surface area contributed by atoms with Gasteiger partial charge in [-0.1, -0.05) is 37.8 Å². The van der Waals surface area contributed by atoms with Crippen LogP contribution < -0.4 is 10.1 Å². The van der Waals surface area contributed by atoms with Gasteiger partial charge in [-0.2, -0.15) is 0 Å². The highest BCUT2D eigenvalue weighted by molar-refractivity contribution is 6.30. The number of benzene rings is 1. The Labute approximate surface area is 132 Å². The molecule has 1 aromatic rings. The number of hydrogen-bond donors (Lipinski definition) is 2. The van der Waals surface area contributed by atoms with E-state index in [9.17, 15) is 5.11 Å². The molecule has 0 aliphatic heterocycles. The highest BCUT2D eigenvalue weighted by atomic mass is 35.5. The molecule has 2 N–H and O–H groups in total. The van der Waals surface area contributed by atoms with Crippen LogP contribution in [0.3, 0.4) is 0 Å². The maximum absolute atomic E-state index is 10.1. The van der Waals surface area contributed by atoms with Crippen LogP contribution in [0.15, 0.2) is 12.1 Å². The van der Waals surface area contributed by atoms with Gasteiger partial charge >= 0.3 is 0 Å². The number of nitrogens with one attached hydrogen (secondary N) is 1. The maximum atomic E-state index is 10.1. The van der Waals surface area contributed by atoms with Crippen LogP contribution in [0, 0.1) is 11.8 Å². The highest BCUT2D eigenvalue weighted by Crippen LogP contribution is 2.34. The fourth-order valence-corrected chi connectivity index (χ4v) is 3.40. The van der Waals surface area contributed by atoms with Gasteiger partial charge in [-0.25, -0.2) is 0 Å². The number of ether oxygens (including phenoxy) is 1. The van der Waals surface area contributed by atoms with E-state index in [4.69, 9.17) is 16.3 Å². The van der Waals surface area contributed by atoms with E-state index in [2.05, 4.69) is 12.2 Å². The first-order chi connectivity index (χ1) is 10.1. The Balaban J connectivity index is 1.83. The van der Waals surface area contributed by atoms with Crippen molar-refractivity contribution < 1.29 is 9.84 Å². The Morgan fingerprint density at radius 2 is 1.90 bits per heavy atom. The van der Waals surface area contributed by atoms with Crippen molar-refractivity contribution in [3.8, 4) is 11.5 Å². The summed E-state index contributed by atoms with van der Waals surface area (Å²) in [7, 11) is 1.54. The minimum Gasteiger partial charge on any atom is -0.504 e. The predicted molar refractivity (Wildman–Crippen MR) is 87.1 cm³/mol. The van der Waals surface area contributed by atoms with Gasteiger partial charge in [0.15, 0.2) is 11.5 Å². The predicted octanol–water partition coefficient (Wildman–Crippen LogP) is 4.36. The fourth-order valence-electron chi connectivity index (χ4n) is 3.17. The van der Waals surface area contributed by atoms with Gasteiger partial charge in [0.05, 0.1) is 7.11 Å². The van der Waals surface area contributed by atoms with E-state index >= 15 is 0 Å². The standard InChI is InChI=1S/C17H26ClNO2/c1-3-12-4-6-13(7-5-12)10-19-11-14-8-15(18)9-16(21-2)17(14)20/h8-9,12-13,19-20H,3-7,10-11H2,1-2H3. The molecule has 3 nitrogen and oxygen atoms in total. The molecule has 1 aliphatic rings. The average Bonchev–Trinajstić information content (AvgIpc) is 2.51. The number of phenolic OH excluding ortho intramolecular Hbond substituents is 1. The summed E-state index contributed by atoms with van der Waals surface area (Å²) in [5, 5.41) is 14.1. The number of methoxy groups -OCH3 is 1. The number of phenols is 1. The summed E-state index contributed by atoms with van der Waals surface area (Å²) in [6, 6.07) is 3.42. The van der Waals surface area contributed by atoms with E-state index in [1.54, 1.807) is 12.1 Å². The van der Waals surface area contributed by atoms with E-state index in [1.165, 1.54) is 39.2 Å². The summed E-state index contributed by atoms with van der Waals surface area (Å²) in [6.45, 7) is 3.92. The van der Waals surface area contributed by atoms with Crippen molar-refractivity contribution in [2.75, 3.05) is 13.7 Å². The lowest BCUT2D eigenvalue weighted by Crippen LogP contribution is -2.26. The smallest absolute Gasteiger partial charge is 0.162 e. The molecule has 0 amide bonds. The van der Waals surface area contributed by atoms with Gasteiger partial charge in [0.1, 0.15) is 0 Å². The molecule has 0 saturated heterocycles. The molecule has 0 atom stereocenters. The molecular weight excluding hydrogens is 286 g/mol. The number of halogens is 1. The van der Waals surface area contributed by atoms with Gasteiger partial charge in [0.25, 0.3) is 0 Å². The first kappa shape index (κ1) is 16.4. The molecular formula is C17H26ClNO2. The van der Waals surface area contributed by atoms with Crippen molar-refractivity contribution in [2.45, 2.75) is 45.6 Å². The second kappa shape index (κ2) is 7.90. The van der Waals surface area contributed by atoms with E-state index in [-0.39, 0.29) is 5.75 Å². The Kier molecular flexibility index (Phi) is 6.19. The number of aromatic hydroxyl groups is 1. The molecule has 2 rings (SSSR count). The van der Waals surface area contributed by atoms with Crippen LogP contribution in [0.2, 0.25) is 5.02 Å². The number of rotatable bonds is 6. The maximum Gasteiger partial charge on any atom is 0.162 e. The second-order valence-corrected chi connectivity index (χ2v) is 6.48. The lowest BCUT2D eigenvalue weighted by Gasteiger charge is -2.28. The van der Waals surface area contributed by atoms with Gasteiger partial charge in [0, 0.05) is 23.2 Å². The summed E-state index contributed by atoms with van der Waals surface area (Å²) in [5.74, 6) is 2.31. The number of hydrogen-bond acceptors (Lipinski definition) is 3. The van der Waals surface area contributed by atoms with Crippen LogP contribution in [0.5, 0.6) is 11.5 Å². The van der Waals surface area contributed by atoms with Crippen molar-refractivity contribution in [1.29, 1.82) is 0 Å². The minimum absolute atomic E-state index is 0.184. The van der Waals surface area contributed by atoms with E-state index in [0.29, 0.717) is 17.3 Å². The lowest BCUT2D eigenvalue weighted by atomic mass is 9.81. The molecule has 0 aromatic heterocycles. The van der Waals surface area contributed by atoms with Crippen molar-refractivity contribution in [1.82, 2.24) is 5.32 Å². The largest absolute Gasteiger partial charge is 0.504 e. The molecule has 4 heteroatoms. The minimum atomic E-state index is 0.184. The Bertz CT molecular complexity index is 456. The van der Waals surface area contributed by atoms with Crippen molar-refractivity contribution >= 4 is 11.6 Å². The molecule has 21 heavy (non-hydrogen) atoms. The Morgan fingerprint density at radius 1 is 1.24 bits per heavy atom. The first-order valence-electron chi connectivity index (χ1n) is 7.90. The molecule has 0 spiro atoms. The monoisotopic (exact) mass is 311 g/mol. The van der Waals surface area contributed by atoms with Gasteiger partial charge in [-0.3, -0.25) is 0 Å². The van der Waals surface area contributed by atoms with Gasteiger partial charge < -0.3 is 15.2 Å². The first-order valence-corrected chi connectivity index (χ1v) is 8.27. The molecule has 1 saturated carbocycles. The van der Waals surface area contributed by atoms with Crippen LogP contribution in [0.25, 0.3) is 0 Å². The molecule has 0 unspecified atom stereocenters. The van der Waals surface area contributed by atoms with Crippen molar-refractivity contribution in [3.05, 3.63) is 22.7 Å². The quantitative estimate of drug-likeness (QED) is 0.820. The summed E-state index contributed by atoms with van der Waals surface area (Å²) in [5.41, 5.74) is 0.793. The molecule has 1 fully saturated rings. The lowest BCUT2D eigenvalue weighted by molar-refractivity contribution is 0.262. The Hall–Kier alpha value is -0.930. The van der Waals surface area contributed by atoms with Gasteiger partial charge in [-0.15, -0.1) is 0 Å². The van der Waals surface area contributed by atoms with Gasteiger partial charge in [-0.05, 0) is 37.3 Å². The average molecular weight is 312 g/mol. The fraction of sp³-hybridized carbons (Fsp3) is 0.647.